The Bertz CT molecular complexity index is 1260. The lowest BCUT2D eigenvalue weighted by atomic mass is 10.0. The van der Waals surface area contributed by atoms with Crippen molar-refractivity contribution in [2.24, 2.45) is 0 Å². The van der Waals surface area contributed by atoms with Crippen molar-refractivity contribution >= 4 is 11.8 Å². The average Bonchev–Trinajstić information content (AvgIpc) is 2.93. The van der Waals surface area contributed by atoms with Crippen LogP contribution in [0.25, 0.3) is 0 Å². The number of hydrogen-bond donors (Lipinski definition) is 2. The lowest BCUT2D eigenvalue weighted by Crippen LogP contribution is -2.50. The minimum Gasteiger partial charge on any atom is -0.493 e. The zero-order valence-corrected chi connectivity index (χ0v) is 21.4. The summed E-state index contributed by atoms with van der Waals surface area (Å²) in [6.45, 7) is 2.05. The smallest absolute Gasteiger partial charge is 0.471 e. The summed E-state index contributed by atoms with van der Waals surface area (Å²) in [6, 6.07) is 21.4. The molecule has 4 rings (SSSR count). The Morgan fingerprint density at radius 2 is 1.62 bits per heavy atom. The van der Waals surface area contributed by atoms with Gasteiger partial charge in [0.1, 0.15) is 11.8 Å². The lowest BCUT2D eigenvalue weighted by Gasteiger charge is -2.33. The number of halogens is 3. The molecule has 3 aromatic rings. The molecule has 1 aliphatic rings. The van der Waals surface area contributed by atoms with E-state index in [0.717, 1.165) is 5.56 Å². The Morgan fingerprint density at radius 3 is 2.28 bits per heavy atom. The zero-order valence-electron chi connectivity index (χ0n) is 21.4. The molecule has 206 valence electrons. The molecule has 1 aliphatic heterocycles. The Morgan fingerprint density at radius 1 is 0.949 bits per heavy atom. The van der Waals surface area contributed by atoms with Crippen LogP contribution in [0, 0.1) is 0 Å². The van der Waals surface area contributed by atoms with Gasteiger partial charge in [0.05, 0.1) is 7.11 Å². The number of para-hydroxylation sites is 2. The van der Waals surface area contributed by atoms with Crippen LogP contribution in [-0.2, 0) is 16.1 Å². The standard InChI is InChI=1S/C29H30F3N3O4/c1-38-24-12-5-6-13-25(24)39-23-11-7-8-20(18-23)19-35-16-14-22(15-17-35)33-27(36)26(21-9-3-2-4-10-21)34-28(37)29(30,31)32/h2-13,18,22,26H,14-17,19H2,1H3,(H,33,36)(H,34,37). The molecule has 0 aromatic heterocycles. The van der Waals surface area contributed by atoms with E-state index in [4.69, 9.17) is 9.47 Å². The van der Waals surface area contributed by atoms with Gasteiger partial charge in [-0.25, -0.2) is 0 Å². The van der Waals surface area contributed by atoms with Crippen LogP contribution in [0.15, 0.2) is 78.9 Å². The van der Waals surface area contributed by atoms with Gasteiger partial charge in [-0.15, -0.1) is 0 Å². The van der Waals surface area contributed by atoms with Gasteiger partial charge >= 0.3 is 12.1 Å². The maximum atomic E-state index is 13.0. The van der Waals surface area contributed by atoms with Gasteiger partial charge in [0.2, 0.25) is 5.91 Å². The number of methoxy groups -OCH3 is 1. The van der Waals surface area contributed by atoms with Crippen molar-refractivity contribution < 1.29 is 32.2 Å². The summed E-state index contributed by atoms with van der Waals surface area (Å²) in [7, 11) is 1.59. The molecule has 0 radical (unpaired) electrons. The summed E-state index contributed by atoms with van der Waals surface area (Å²) in [4.78, 5) is 26.8. The molecule has 2 N–H and O–H groups in total. The number of ether oxygens (including phenoxy) is 2. The summed E-state index contributed by atoms with van der Waals surface area (Å²) in [6.07, 6.45) is -3.84. The second-order valence-corrected chi connectivity index (χ2v) is 9.27. The van der Waals surface area contributed by atoms with Crippen molar-refractivity contribution in [2.45, 2.75) is 37.6 Å². The normalized spacial score (nSPS) is 15.3. The molecule has 0 aliphatic carbocycles. The van der Waals surface area contributed by atoms with E-state index < -0.39 is 24.0 Å². The highest BCUT2D eigenvalue weighted by Crippen LogP contribution is 2.31. The van der Waals surface area contributed by atoms with E-state index in [1.165, 1.54) is 12.1 Å². The highest BCUT2D eigenvalue weighted by atomic mass is 19.4. The van der Waals surface area contributed by atoms with Gasteiger partial charge < -0.3 is 20.1 Å². The zero-order chi connectivity index (χ0) is 27.8. The fourth-order valence-electron chi connectivity index (χ4n) is 4.47. The summed E-state index contributed by atoms with van der Waals surface area (Å²) < 4.78 is 50.0. The van der Waals surface area contributed by atoms with Crippen molar-refractivity contribution in [1.29, 1.82) is 0 Å². The summed E-state index contributed by atoms with van der Waals surface area (Å²) in [5, 5.41) is 4.65. The Kier molecular flexibility index (Phi) is 9.08. The van der Waals surface area contributed by atoms with E-state index in [1.807, 2.05) is 53.8 Å². The molecule has 1 fully saturated rings. The van der Waals surface area contributed by atoms with Crippen molar-refractivity contribution in [3.05, 3.63) is 90.0 Å². The number of carbonyl (C=O) groups excluding carboxylic acids is 2. The molecule has 10 heteroatoms. The van der Waals surface area contributed by atoms with Crippen LogP contribution in [0.4, 0.5) is 13.2 Å². The van der Waals surface area contributed by atoms with E-state index in [-0.39, 0.29) is 11.6 Å². The third-order valence-electron chi connectivity index (χ3n) is 6.46. The Labute approximate surface area is 224 Å². The number of piperidine rings is 1. The summed E-state index contributed by atoms with van der Waals surface area (Å²) in [5.74, 6) is -0.878. The monoisotopic (exact) mass is 541 g/mol. The third kappa shape index (κ3) is 7.73. The molecule has 1 unspecified atom stereocenters. The third-order valence-corrected chi connectivity index (χ3v) is 6.46. The number of likely N-dealkylation sites (tertiary alicyclic amines) is 1. The first-order valence-electron chi connectivity index (χ1n) is 12.6. The molecule has 1 saturated heterocycles. The van der Waals surface area contributed by atoms with Crippen LogP contribution in [0.3, 0.4) is 0 Å². The summed E-state index contributed by atoms with van der Waals surface area (Å²) >= 11 is 0. The largest absolute Gasteiger partial charge is 0.493 e. The van der Waals surface area contributed by atoms with Crippen LogP contribution in [0.1, 0.15) is 30.0 Å². The first-order valence-corrected chi connectivity index (χ1v) is 12.6. The predicted molar refractivity (Wildman–Crippen MR) is 139 cm³/mol. The van der Waals surface area contributed by atoms with Gasteiger partial charge in [-0.3, -0.25) is 14.5 Å². The average molecular weight is 542 g/mol. The Hall–Kier alpha value is -4.05. The fourth-order valence-corrected chi connectivity index (χ4v) is 4.47. The molecule has 0 saturated carbocycles. The molecular weight excluding hydrogens is 511 g/mol. The first-order chi connectivity index (χ1) is 18.7. The van der Waals surface area contributed by atoms with Gasteiger partial charge in [0, 0.05) is 25.7 Å². The van der Waals surface area contributed by atoms with Gasteiger partial charge in [-0.1, -0.05) is 54.6 Å². The SMILES string of the molecule is COc1ccccc1Oc1cccc(CN2CCC(NC(=O)C(NC(=O)C(F)(F)F)c3ccccc3)CC2)c1. The van der Waals surface area contributed by atoms with Gasteiger partial charge in [0.25, 0.3) is 0 Å². The van der Waals surface area contributed by atoms with Crippen LogP contribution in [0.2, 0.25) is 0 Å². The van der Waals surface area contributed by atoms with E-state index >= 15 is 0 Å². The van der Waals surface area contributed by atoms with Crippen molar-refractivity contribution in [1.82, 2.24) is 15.5 Å². The molecule has 1 heterocycles. The van der Waals surface area contributed by atoms with Crippen molar-refractivity contribution in [3.8, 4) is 17.2 Å². The molecule has 3 aromatic carbocycles. The van der Waals surface area contributed by atoms with Crippen LogP contribution >= 0.6 is 0 Å². The second-order valence-electron chi connectivity index (χ2n) is 9.27. The Balaban J connectivity index is 1.32. The molecule has 2 amide bonds. The molecular formula is C29H30F3N3O4. The van der Waals surface area contributed by atoms with Crippen LogP contribution in [0.5, 0.6) is 17.2 Å². The molecule has 39 heavy (non-hydrogen) atoms. The number of nitrogens with one attached hydrogen (secondary N) is 2. The maximum Gasteiger partial charge on any atom is 0.471 e. The van der Waals surface area contributed by atoms with Crippen LogP contribution in [-0.4, -0.2) is 49.1 Å². The number of amides is 2. The highest BCUT2D eigenvalue weighted by molar-refractivity contribution is 5.90. The first kappa shape index (κ1) is 28.0. The van der Waals surface area contributed by atoms with Gasteiger partial charge in [-0.05, 0) is 48.2 Å². The van der Waals surface area contributed by atoms with Gasteiger partial charge in [-0.2, -0.15) is 13.2 Å². The second kappa shape index (κ2) is 12.7. The van der Waals surface area contributed by atoms with Crippen molar-refractivity contribution in [3.63, 3.8) is 0 Å². The number of benzene rings is 3. The maximum absolute atomic E-state index is 13.0. The number of nitrogens with zero attached hydrogens (tertiary/aromatic N) is 1. The van der Waals surface area contributed by atoms with Crippen molar-refractivity contribution in [2.75, 3.05) is 20.2 Å². The fraction of sp³-hybridized carbons (Fsp3) is 0.310. The van der Waals surface area contributed by atoms with Crippen LogP contribution < -0.4 is 20.1 Å². The topological polar surface area (TPSA) is 79.9 Å². The lowest BCUT2D eigenvalue weighted by molar-refractivity contribution is -0.174. The quantitative estimate of drug-likeness (QED) is 0.399. The van der Waals surface area contributed by atoms with E-state index in [0.29, 0.717) is 49.7 Å². The molecule has 1 atom stereocenters. The molecule has 7 nitrogen and oxygen atoms in total. The highest BCUT2D eigenvalue weighted by Gasteiger charge is 2.41. The van der Waals surface area contributed by atoms with Gasteiger partial charge in [0.15, 0.2) is 11.5 Å². The minimum absolute atomic E-state index is 0.219. The number of hydrogen-bond acceptors (Lipinski definition) is 5. The molecule has 0 spiro atoms. The number of rotatable bonds is 9. The van der Waals surface area contributed by atoms with E-state index in [2.05, 4.69) is 10.2 Å². The minimum atomic E-state index is -5.09. The predicted octanol–water partition coefficient (Wildman–Crippen LogP) is 4.99. The van der Waals surface area contributed by atoms with E-state index in [9.17, 15) is 22.8 Å². The summed E-state index contributed by atoms with van der Waals surface area (Å²) in [5.41, 5.74) is 1.34. The number of alkyl halides is 3. The number of carbonyl (C=O) groups is 2. The molecule has 0 bridgehead atoms. The van der Waals surface area contributed by atoms with E-state index in [1.54, 1.807) is 25.3 Å².